The number of anilines is 1. The minimum absolute atomic E-state index is 0.113. The number of pyridine rings is 1. The van der Waals surface area contributed by atoms with Gasteiger partial charge in [0.25, 0.3) is 0 Å². The Morgan fingerprint density at radius 2 is 2.21 bits per heavy atom. The highest BCUT2D eigenvalue weighted by molar-refractivity contribution is 14.1. The van der Waals surface area contributed by atoms with Gasteiger partial charge in [0.05, 0.1) is 11.4 Å². The predicted molar refractivity (Wildman–Crippen MR) is 81.8 cm³/mol. The van der Waals surface area contributed by atoms with Crippen molar-refractivity contribution < 1.29 is 13.2 Å². The molecule has 0 aromatic carbocycles. The molecule has 0 bridgehead atoms. The molecule has 0 radical (unpaired) electrons. The van der Waals surface area contributed by atoms with Crippen LogP contribution < -0.4 is 4.90 Å². The molecule has 1 unspecified atom stereocenters. The molecule has 1 aliphatic rings. The number of rotatable bonds is 3. The molecule has 0 N–H and O–H groups in total. The molecular weight excluding hydrogens is 403 g/mol. The maximum Gasteiger partial charge on any atom is 0.232 e. The number of aromatic nitrogens is 1. The summed E-state index contributed by atoms with van der Waals surface area (Å²) in [5, 5.41) is 0. The topological polar surface area (TPSA) is 67.3 Å². The molecule has 1 fully saturated rings. The molecule has 1 atom stereocenters. The van der Waals surface area contributed by atoms with Gasteiger partial charge in [0.1, 0.15) is 5.82 Å². The number of aryl methyl sites for hydroxylation is 1. The van der Waals surface area contributed by atoms with Crippen molar-refractivity contribution in [2.24, 2.45) is 5.92 Å². The van der Waals surface area contributed by atoms with E-state index in [0.29, 0.717) is 12.4 Å². The Balaban J connectivity index is 2.18. The summed E-state index contributed by atoms with van der Waals surface area (Å²) in [6, 6.07) is 3.65. The van der Waals surface area contributed by atoms with E-state index in [9.17, 15) is 13.2 Å². The van der Waals surface area contributed by atoms with Crippen molar-refractivity contribution in [1.29, 1.82) is 0 Å². The van der Waals surface area contributed by atoms with Gasteiger partial charge in [0, 0.05) is 33.1 Å². The fraction of sp³-hybridized carbons (Fsp3) is 0.455. The molecule has 1 aromatic rings. The Kier molecular flexibility index (Phi) is 4.36. The van der Waals surface area contributed by atoms with Gasteiger partial charge < -0.3 is 0 Å². The summed E-state index contributed by atoms with van der Waals surface area (Å²) >= 11 is 2.17. The molecule has 1 saturated heterocycles. The predicted octanol–water partition coefficient (Wildman–Crippen LogP) is 1.92. The molecule has 1 aliphatic heterocycles. The molecular formula is C11H12ClIN2O3S. The van der Waals surface area contributed by atoms with Crippen LogP contribution in [0.5, 0.6) is 0 Å². The van der Waals surface area contributed by atoms with Gasteiger partial charge in [-0.1, -0.05) is 0 Å². The van der Waals surface area contributed by atoms with Gasteiger partial charge in [-0.3, -0.25) is 9.69 Å². The fourth-order valence-corrected chi connectivity index (χ4v) is 3.70. The van der Waals surface area contributed by atoms with Gasteiger partial charge in [-0.05, 0) is 41.6 Å². The van der Waals surface area contributed by atoms with Crippen LogP contribution in [0.1, 0.15) is 12.1 Å². The SMILES string of the molecule is Cc1nc(N2CC(CS(=O)(=O)Cl)CC2=O)ccc1I. The van der Waals surface area contributed by atoms with Crippen molar-refractivity contribution >= 4 is 54.0 Å². The van der Waals surface area contributed by atoms with E-state index in [1.807, 2.05) is 13.0 Å². The van der Waals surface area contributed by atoms with E-state index in [-0.39, 0.29) is 24.0 Å². The van der Waals surface area contributed by atoms with E-state index in [4.69, 9.17) is 10.7 Å². The van der Waals surface area contributed by atoms with Crippen LogP contribution in [-0.2, 0) is 13.8 Å². The smallest absolute Gasteiger partial charge is 0.232 e. The highest BCUT2D eigenvalue weighted by Gasteiger charge is 2.33. The average Bonchev–Trinajstić information content (AvgIpc) is 2.61. The number of carbonyl (C=O) groups is 1. The van der Waals surface area contributed by atoms with Crippen LogP contribution in [0.15, 0.2) is 12.1 Å². The minimum atomic E-state index is -3.58. The second kappa shape index (κ2) is 5.53. The average molecular weight is 415 g/mol. The lowest BCUT2D eigenvalue weighted by atomic mass is 10.1. The minimum Gasteiger partial charge on any atom is -0.296 e. The molecule has 19 heavy (non-hydrogen) atoms. The normalized spacial score (nSPS) is 20.1. The molecule has 2 heterocycles. The molecule has 0 spiro atoms. The van der Waals surface area contributed by atoms with Gasteiger partial charge in [-0.2, -0.15) is 0 Å². The van der Waals surface area contributed by atoms with Gasteiger partial charge >= 0.3 is 0 Å². The molecule has 1 amide bonds. The van der Waals surface area contributed by atoms with Gasteiger partial charge in [0.15, 0.2) is 0 Å². The van der Waals surface area contributed by atoms with Crippen LogP contribution in [0.25, 0.3) is 0 Å². The summed E-state index contributed by atoms with van der Waals surface area (Å²) in [7, 11) is 1.65. The number of amides is 1. The van der Waals surface area contributed by atoms with E-state index in [0.717, 1.165) is 9.26 Å². The third kappa shape index (κ3) is 3.79. The summed E-state index contributed by atoms with van der Waals surface area (Å²) in [6.07, 6.45) is 0.193. The molecule has 0 aliphatic carbocycles. The Morgan fingerprint density at radius 1 is 1.53 bits per heavy atom. The molecule has 2 rings (SSSR count). The maximum atomic E-state index is 11.9. The van der Waals surface area contributed by atoms with E-state index < -0.39 is 9.05 Å². The van der Waals surface area contributed by atoms with Crippen molar-refractivity contribution in [2.45, 2.75) is 13.3 Å². The van der Waals surface area contributed by atoms with E-state index >= 15 is 0 Å². The van der Waals surface area contributed by atoms with Crippen LogP contribution in [0, 0.1) is 16.4 Å². The first kappa shape index (κ1) is 15.0. The molecule has 104 valence electrons. The van der Waals surface area contributed by atoms with Crippen LogP contribution in [0.4, 0.5) is 5.82 Å². The lowest BCUT2D eigenvalue weighted by Gasteiger charge is -2.16. The Hall–Kier alpha value is -0.410. The van der Waals surface area contributed by atoms with Gasteiger partial charge in [-0.15, -0.1) is 0 Å². The van der Waals surface area contributed by atoms with E-state index in [1.54, 1.807) is 6.07 Å². The van der Waals surface area contributed by atoms with Gasteiger partial charge in [-0.25, -0.2) is 13.4 Å². The second-order valence-electron chi connectivity index (χ2n) is 4.52. The third-order valence-corrected chi connectivity index (χ3v) is 5.31. The van der Waals surface area contributed by atoms with Crippen molar-refractivity contribution in [3.05, 3.63) is 21.4 Å². The molecule has 1 aromatic heterocycles. The third-order valence-electron chi connectivity index (χ3n) is 2.92. The van der Waals surface area contributed by atoms with Crippen LogP contribution in [-0.4, -0.2) is 31.6 Å². The summed E-state index contributed by atoms with van der Waals surface area (Å²) in [5.41, 5.74) is 0.847. The second-order valence-corrected chi connectivity index (χ2v) is 8.50. The fourth-order valence-electron chi connectivity index (χ4n) is 2.08. The Bertz CT molecular complexity index is 620. The van der Waals surface area contributed by atoms with Crippen LogP contribution in [0.2, 0.25) is 0 Å². The zero-order valence-electron chi connectivity index (χ0n) is 10.1. The first-order valence-electron chi connectivity index (χ1n) is 5.62. The lowest BCUT2D eigenvalue weighted by molar-refractivity contribution is -0.117. The summed E-state index contributed by atoms with van der Waals surface area (Å²) in [6.45, 7) is 2.21. The summed E-state index contributed by atoms with van der Waals surface area (Å²) in [4.78, 5) is 17.8. The molecule has 0 saturated carbocycles. The highest BCUT2D eigenvalue weighted by atomic mass is 127. The monoisotopic (exact) mass is 414 g/mol. The highest BCUT2D eigenvalue weighted by Crippen LogP contribution is 2.26. The first-order chi connectivity index (χ1) is 8.76. The quantitative estimate of drug-likeness (QED) is 0.560. The van der Waals surface area contributed by atoms with Crippen molar-refractivity contribution in [3.8, 4) is 0 Å². The molecule has 5 nitrogen and oxygen atoms in total. The van der Waals surface area contributed by atoms with Crippen LogP contribution in [0.3, 0.4) is 0 Å². The Labute approximate surface area is 129 Å². The number of hydrogen-bond acceptors (Lipinski definition) is 4. The summed E-state index contributed by atoms with van der Waals surface area (Å²) in [5.74, 6) is 0.00681. The molecule has 8 heteroatoms. The van der Waals surface area contributed by atoms with E-state index in [1.165, 1.54) is 4.90 Å². The number of nitrogens with zero attached hydrogens (tertiary/aromatic N) is 2. The van der Waals surface area contributed by atoms with E-state index in [2.05, 4.69) is 27.6 Å². The number of hydrogen-bond donors (Lipinski definition) is 0. The zero-order valence-corrected chi connectivity index (χ0v) is 13.9. The summed E-state index contributed by atoms with van der Waals surface area (Å²) < 4.78 is 23.1. The van der Waals surface area contributed by atoms with Crippen molar-refractivity contribution in [1.82, 2.24) is 4.98 Å². The number of halogens is 2. The van der Waals surface area contributed by atoms with Crippen molar-refractivity contribution in [2.75, 3.05) is 17.2 Å². The van der Waals surface area contributed by atoms with Crippen molar-refractivity contribution in [3.63, 3.8) is 0 Å². The Morgan fingerprint density at radius 3 is 2.79 bits per heavy atom. The number of carbonyl (C=O) groups excluding carboxylic acids is 1. The lowest BCUT2D eigenvalue weighted by Crippen LogP contribution is -2.26. The maximum absolute atomic E-state index is 11.9. The largest absolute Gasteiger partial charge is 0.296 e. The zero-order chi connectivity index (χ0) is 14.2. The van der Waals surface area contributed by atoms with Gasteiger partial charge in [0.2, 0.25) is 15.0 Å². The standard InChI is InChI=1S/C11H12ClIN2O3S/c1-7-9(13)2-3-10(14-7)15-5-8(4-11(15)16)6-19(12,17)18/h2-3,8H,4-6H2,1H3. The first-order valence-corrected chi connectivity index (χ1v) is 9.18. The van der Waals surface area contributed by atoms with Crippen LogP contribution >= 0.6 is 33.3 Å².